The van der Waals surface area contributed by atoms with E-state index < -0.39 is 23.5 Å². The first kappa shape index (κ1) is 26.2. The topological polar surface area (TPSA) is 89.0 Å². The molecule has 0 saturated heterocycles. The molecule has 0 bridgehead atoms. The number of Topliss-reactive ketones (excluding diaryl/α,β-unsaturated/α-hetero) is 1. The van der Waals surface area contributed by atoms with Gasteiger partial charge in [0.05, 0.1) is 35.9 Å². The summed E-state index contributed by atoms with van der Waals surface area (Å²) in [6.45, 7) is 4.43. The predicted molar refractivity (Wildman–Crippen MR) is 150 cm³/mol. The van der Waals surface area contributed by atoms with Gasteiger partial charge in [-0.25, -0.2) is 4.98 Å². The Bertz CT molecular complexity index is 1530. The van der Waals surface area contributed by atoms with Crippen molar-refractivity contribution in [2.24, 2.45) is 0 Å². The SMILES string of the molecule is CCOc1ccc(CN2C(=O)C(O)=C(C(=O)c3sc(-c4ccccc4)nc3C)C2c2ccc(OC)cc2)cc1. The quantitative estimate of drug-likeness (QED) is 0.251. The van der Waals surface area contributed by atoms with Gasteiger partial charge in [-0.15, -0.1) is 11.3 Å². The van der Waals surface area contributed by atoms with E-state index in [1.54, 1.807) is 26.2 Å². The zero-order chi connectivity index (χ0) is 27.5. The lowest BCUT2D eigenvalue weighted by atomic mass is 9.94. The minimum absolute atomic E-state index is 0.0439. The van der Waals surface area contributed by atoms with Crippen LogP contribution in [-0.4, -0.2) is 40.4 Å². The van der Waals surface area contributed by atoms with E-state index in [0.717, 1.165) is 16.9 Å². The van der Waals surface area contributed by atoms with Gasteiger partial charge in [0.15, 0.2) is 5.76 Å². The van der Waals surface area contributed by atoms with Crippen molar-refractivity contribution in [3.63, 3.8) is 0 Å². The van der Waals surface area contributed by atoms with E-state index >= 15 is 0 Å². The average Bonchev–Trinajstić information content (AvgIpc) is 3.47. The molecule has 198 valence electrons. The molecule has 1 aromatic heterocycles. The van der Waals surface area contributed by atoms with Crippen LogP contribution in [0.4, 0.5) is 0 Å². The minimum atomic E-state index is -0.788. The molecule has 1 unspecified atom stereocenters. The highest BCUT2D eigenvalue weighted by molar-refractivity contribution is 7.17. The molecular formula is C31H28N2O5S. The van der Waals surface area contributed by atoms with Crippen molar-refractivity contribution in [3.8, 4) is 22.1 Å². The van der Waals surface area contributed by atoms with Crippen molar-refractivity contribution in [2.75, 3.05) is 13.7 Å². The second-order valence-electron chi connectivity index (χ2n) is 9.08. The number of rotatable bonds is 9. The first-order valence-electron chi connectivity index (χ1n) is 12.6. The molecule has 39 heavy (non-hydrogen) atoms. The number of methoxy groups -OCH3 is 1. The van der Waals surface area contributed by atoms with Gasteiger partial charge in [-0.3, -0.25) is 9.59 Å². The number of nitrogens with zero attached hydrogens (tertiary/aromatic N) is 2. The van der Waals surface area contributed by atoms with Crippen molar-refractivity contribution < 1.29 is 24.2 Å². The van der Waals surface area contributed by atoms with E-state index in [1.807, 2.05) is 73.7 Å². The molecule has 8 heteroatoms. The van der Waals surface area contributed by atoms with Crippen LogP contribution in [0.2, 0.25) is 0 Å². The number of aliphatic hydroxyl groups is 1. The zero-order valence-electron chi connectivity index (χ0n) is 21.9. The molecule has 0 fully saturated rings. The fourth-order valence-electron chi connectivity index (χ4n) is 4.67. The average molecular weight is 541 g/mol. The summed E-state index contributed by atoms with van der Waals surface area (Å²) in [5.41, 5.74) is 3.02. The van der Waals surface area contributed by atoms with Crippen LogP contribution in [-0.2, 0) is 11.3 Å². The lowest BCUT2D eigenvalue weighted by Gasteiger charge is -2.27. The molecule has 1 atom stereocenters. The summed E-state index contributed by atoms with van der Waals surface area (Å²) in [4.78, 5) is 34.0. The number of carbonyl (C=O) groups excluding carboxylic acids is 2. The number of ketones is 1. The first-order chi connectivity index (χ1) is 18.9. The monoisotopic (exact) mass is 540 g/mol. The molecule has 1 amide bonds. The summed E-state index contributed by atoms with van der Waals surface area (Å²) in [6.07, 6.45) is 0. The van der Waals surface area contributed by atoms with Gasteiger partial charge in [-0.1, -0.05) is 54.6 Å². The molecule has 1 aliphatic heterocycles. The summed E-state index contributed by atoms with van der Waals surface area (Å²) >= 11 is 1.26. The summed E-state index contributed by atoms with van der Waals surface area (Å²) in [5, 5.41) is 11.8. The van der Waals surface area contributed by atoms with Crippen molar-refractivity contribution in [1.82, 2.24) is 9.88 Å². The molecule has 1 aliphatic rings. The third-order valence-electron chi connectivity index (χ3n) is 6.59. The lowest BCUT2D eigenvalue weighted by Crippen LogP contribution is -2.30. The summed E-state index contributed by atoms with van der Waals surface area (Å²) in [6, 6.07) is 23.4. The van der Waals surface area contributed by atoms with Crippen LogP contribution in [0.5, 0.6) is 11.5 Å². The highest BCUT2D eigenvalue weighted by atomic mass is 32.1. The van der Waals surface area contributed by atoms with Gasteiger partial charge in [0, 0.05) is 12.1 Å². The molecule has 3 aromatic carbocycles. The number of hydrogen-bond acceptors (Lipinski definition) is 7. The van der Waals surface area contributed by atoms with E-state index in [1.165, 1.54) is 16.2 Å². The van der Waals surface area contributed by atoms with Gasteiger partial charge in [0.1, 0.15) is 16.5 Å². The molecule has 0 radical (unpaired) electrons. The predicted octanol–water partition coefficient (Wildman–Crippen LogP) is 6.30. The molecular weight excluding hydrogens is 512 g/mol. The van der Waals surface area contributed by atoms with Gasteiger partial charge in [0.2, 0.25) is 5.78 Å². The number of carbonyl (C=O) groups is 2. The molecule has 1 N–H and O–H groups in total. The Morgan fingerprint density at radius 3 is 2.31 bits per heavy atom. The number of aryl methyl sites for hydroxylation is 1. The van der Waals surface area contributed by atoms with Crippen LogP contribution in [0.15, 0.2) is 90.2 Å². The third-order valence-corrected chi connectivity index (χ3v) is 7.80. The second-order valence-corrected chi connectivity index (χ2v) is 10.1. The number of benzene rings is 3. The number of aromatic nitrogens is 1. The molecule has 5 rings (SSSR count). The lowest BCUT2D eigenvalue weighted by molar-refractivity contribution is -0.130. The molecule has 0 saturated carbocycles. The Kier molecular flexibility index (Phi) is 7.47. The fraction of sp³-hybridized carbons (Fsp3) is 0.194. The van der Waals surface area contributed by atoms with Crippen LogP contribution in [0.25, 0.3) is 10.6 Å². The van der Waals surface area contributed by atoms with Crippen molar-refractivity contribution in [3.05, 3.63) is 112 Å². The van der Waals surface area contributed by atoms with E-state index in [9.17, 15) is 14.7 Å². The molecule has 4 aromatic rings. The Morgan fingerprint density at radius 2 is 1.67 bits per heavy atom. The normalized spacial score (nSPS) is 15.1. The Balaban J connectivity index is 1.54. The maximum atomic E-state index is 14.0. The number of aliphatic hydroxyl groups excluding tert-OH is 1. The Morgan fingerprint density at radius 1 is 1.00 bits per heavy atom. The van der Waals surface area contributed by atoms with Crippen LogP contribution < -0.4 is 9.47 Å². The maximum Gasteiger partial charge on any atom is 0.290 e. The third kappa shape index (κ3) is 5.15. The summed E-state index contributed by atoms with van der Waals surface area (Å²) in [7, 11) is 1.57. The van der Waals surface area contributed by atoms with Crippen LogP contribution in [0, 0.1) is 6.92 Å². The smallest absolute Gasteiger partial charge is 0.290 e. The van der Waals surface area contributed by atoms with E-state index in [2.05, 4.69) is 4.98 Å². The summed E-state index contributed by atoms with van der Waals surface area (Å²) < 4.78 is 10.8. The molecule has 0 aliphatic carbocycles. The van der Waals surface area contributed by atoms with Gasteiger partial charge >= 0.3 is 0 Å². The van der Waals surface area contributed by atoms with Crippen LogP contribution in [0.3, 0.4) is 0 Å². The van der Waals surface area contributed by atoms with Gasteiger partial charge in [0.25, 0.3) is 5.91 Å². The van der Waals surface area contributed by atoms with Crippen molar-refractivity contribution in [2.45, 2.75) is 26.4 Å². The van der Waals surface area contributed by atoms with Gasteiger partial charge in [-0.05, 0) is 49.2 Å². The number of hydrogen-bond donors (Lipinski definition) is 1. The maximum absolute atomic E-state index is 14.0. The zero-order valence-corrected chi connectivity index (χ0v) is 22.7. The van der Waals surface area contributed by atoms with Crippen molar-refractivity contribution >= 4 is 23.0 Å². The first-order valence-corrected chi connectivity index (χ1v) is 13.4. The number of ether oxygens (including phenoxy) is 2. The van der Waals surface area contributed by atoms with E-state index in [4.69, 9.17) is 9.47 Å². The van der Waals surface area contributed by atoms with E-state index in [0.29, 0.717) is 33.5 Å². The van der Waals surface area contributed by atoms with Gasteiger partial charge in [-0.2, -0.15) is 0 Å². The highest BCUT2D eigenvalue weighted by Crippen LogP contribution is 2.42. The summed E-state index contributed by atoms with van der Waals surface area (Å²) in [5.74, 6) is -0.173. The van der Waals surface area contributed by atoms with Crippen molar-refractivity contribution in [1.29, 1.82) is 0 Å². The largest absolute Gasteiger partial charge is 0.503 e. The second kappa shape index (κ2) is 11.1. The molecule has 7 nitrogen and oxygen atoms in total. The minimum Gasteiger partial charge on any atom is -0.503 e. The van der Waals surface area contributed by atoms with E-state index in [-0.39, 0.29) is 12.1 Å². The standard InChI is InChI=1S/C31H28N2O5S/c1-4-38-24-14-10-20(11-15-24)18-33-26(21-12-16-23(37-3)17-13-21)25(28(35)31(33)36)27(34)29-19(2)32-30(39-29)22-8-6-5-7-9-22/h5-17,26,35H,4,18H2,1-3H3. The van der Waals surface area contributed by atoms with Crippen LogP contribution >= 0.6 is 11.3 Å². The molecule has 2 heterocycles. The molecule has 0 spiro atoms. The van der Waals surface area contributed by atoms with Gasteiger partial charge < -0.3 is 19.5 Å². The highest BCUT2D eigenvalue weighted by Gasteiger charge is 2.44. The Hall–Kier alpha value is -4.43. The number of thiazole rings is 1. The van der Waals surface area contributed by atoms with Crippen LogP contribution in [0.1, 0.15) is 39.5 Å². The fourth-order valence-corrected chi connectivity index (χ4v) is 5.70. The Labute approximate surface area is 231 Å². The number of amides is 1.